The molecule has 0 amide bonds. The van der Waals surface area contributed by atoms with Crippen LogP contribution in [0.3, 0.4) is 0 Å². The summed E-state index contributed by atoms with van der Waals surface area (Å²) in [4.78, 5) is 22.4. The second kappa shape index (κ2) is 12.5. The van der Waals surface area contributed by atoms with Gasteiger partial charge < -0.3 is 19.3 Å². The van der Waals surface area contributed by atoms with E-state index in [1.54, 1.807) is 6.07 Å². The van der Waals surface area contributed by atoms with E-state index >= 15 is 8.78 Å². The van der Waals surface area contributed by atoms with Crippen molar-refractivity contribution in [3.05, 3.63) is 57.2 Å². The molecule has 1 aliphatic rings. The van der Waals surface area contributed by atoms with E-state index in [0.29, 0.717) is 20.7 Å². The number of hydrogen-bond acceptors (Lipinski definition) is 8. The fourth-order valence-electron chi connectivity index (χ4n) is 5.20. The fourth-order valence-corrected chi connectivity index (χ4v) is 7.24. The van der Waals surface area contributed by atoms with Crippen molar-refractivity contribution in [3.63, 3.8) is 0 Å². The van der Waals surface area contributed by atoms with Crippen LogP contribution in [0.5, 0.6) is 0 Å². The summed E-state index contributed by atoms with van der Waals surface area (Å²) in [5, 5.41) is 3.10. The summed E-state index contributed by atoms with van der Waals surface area (Å²) in [6.45, 7) is 14.1. The molecule has 9 nitrogen and oxygen atoms in total. The minimum Gasteiger partial charge on any atom is -0.324 e. The molecule has 0 aliphatic carbocycles. The van der Waals surface area contributed by atoms with Gasteiger partial charge in [0.15, 0.2) is 15.5 Å². The lowest BCUT2D eigenvalue weighted by atomic mass is 10.1. The predicted octanol–water partition coefficient (Wildman–Crippen LogP) is 6.18. The van der Waals surface area contributed by atoms with Gasteiger partial charge >= 0.3 is 0 Å². The minimum atomic E-state index is -2.00. The third-order valence-electron chi connectivity index (χ3n) is 7.55. The predicted molar refractivity (Wildman–Crippen MR) is 177 cm³/mol. The van der Waals surface area contributed by atoms with Crippen LogP contribution in [0.4, 0.5) is 20.5 Å². The molecule has 230 valence electrons. The Balaban J connectivity index is 1.30. The Kier molecular flexibility index (Phi) is 9.23. The van der Waals surface area contributed by atoms with Crippen molar-refractivity contribution in [1.29, 1.82) is 0 Å². The van der Waals surface area contributed by atoms with Gasteiger partial charge in [-0.1, -0.05) is 6.07 Å². The summed E-state index contributed by atoms with van der Waals surface area (Å²) in [5.74, 6) is -0.448. The number of imidazole rings is 1. The number of rotatable bonds is 9. The van der Waals surface area contributed by atoms with Crippen LogP contribution in [-0.2, 0) is 23.1 Å². The summed E-state index contributed by atoms with van der Waals surface area (Å²) >= 11 is 2.09. The number of benzene rings is 1. The second-order valence-corrected chi connectivity index (χ2v) is 17.2. The second-order valence-electron chi connectivity index (χ2n) is 12.7. The Hall–Kier alpha value is -2.54. The van der Waals surface area contributed by atoms with Crippen molar-refractivity contribution in [1.82, 2.24) is 34.3 Å². The molecule has 4 aromatic rings. The summed E-state index contributed by atoms with van der Waals surface area (Å²) in [7, 11) is 0.0720. The Morgan fingerprint density at radius 1 is 1.09 bits per heavy atom. The SMILES string of the molecule is CN(CCN1CCc2nc(Nc3ncc(F)c(-c4cc(F)c5nc(I)n(C(C)(C)C)c5c4)n3)ccc2C1)CCP(C)(C)=O. The van der Waals surface area contributed by atoms with Gasteiger partial charge in [0.2, 0.25) is 5.95 Å². The molecule has 13 heteroatoms. The van der Waals surface area contributed by atoms with Gasteiger partial charge in [0.05, 0.1) is 18.9 Å². The Bertz CT molecular complexity index is 1700. The number of nitrogens with one attached hydrogen (secondary N) is 1. The molecular formula is C30H38F2IN8OP. The number of aromatic nitrogens is 5. The topological polar surface area (TPSA) is 92.1 Å². The van der Waals surface area contributed by atoms with Crippen molar-refractivity contribution < 1.29 is 13.3 Å². The number of nitrogens with zero attached hydrogens (tertiary/aromatic N) is 7. The molecule has 0 radical (unpaired) electrons. The smallest absolute Gasteiger partial charge is 0.229 e. The minimum absolute atomic E-state index is 0.00535. The quantitative estimate of drug-likeness (QED) is 0.162. The van der Waals surface area contributed by atoms with E-state index in [4.69, 9.17) is 4.98 Å². The average Bonchev–Trinajstić information content (AvgIpc) is 3.28. The van der Waals surface area contributed by atoms with Crippen LogP contribution in [0, 0.1) is 15.5 Å². The number of pyridine rings is 1. The van der Waals surface area contributed by atoms with Gasteiger partial charge in [-0.15, -0.1) is 0 Å². The van der Waals surface area contributed by atoms with E-state index in [0.717, 1.165) is 57.2 Å². The molecule has 1 aliphatic heterocycles. The third kappa shape index (κ3) is 7.58. The van der Waals surface area contributed by atoms with Gasteiger partial charge in [0, 0.05) is 62.1 Å². The van der Waals surface area contributed by atoms with Gasteiger partial charge in [0.1, 0.15) is 17.0 Å². The Morgan fingerprint density at radius 2 is 1.86 bits per heavy atom. The maximum Gasteiger partial charge on any atom is 0.229 e. The highest BCUT2D eigenvalue weighted by molar-refractivity contribution is 14.1. The molecule has 0 unspecified atom stereocenters. The first-order valence-corrected chi connectivity index (χ1v) is 18.2. The molecule has 0 fully saturated rings. The summed E-state index contributed by atoms with van der Waals surface area (Å²) in [5.41, 5.74) is 2.93. The summed E-state index contributed by atoms with van der Waals surface area (Å²) in [6.07, 6.45) is 2.63. The lowest BCUT2D eigenvalue weighted by molar-refractivity contribution is 0.214. The number of halogens is 3. The molecule has 5 rings (SSSR count). The molecular weight excluding hydrogens is 684 g/mol. The van der Waals surface area contributed by atoms with Crippen molar-refractivity contribution in [2.45, 2.75) is 39.3 Å². The van der Waals surface area contributed by atoms with Gasteiger partial charge in [-0.25, -0.2) is 28.7 Å². The zero-order valence-electron chi connectivity index (χ0n) is 25.5. The van der Waals surface area contributed by atoms with Crippen LogP contribution in [0.15, 0.2) is 30.5 Å². The van der Waals surface area contributed by atoms with E-state index in [9.17, 15) is 4.57 Å². The maximum absolute atomic E-state index is 15.2. The van der Waals surface area contributed by atoms with E-state index < -0.39 is 18.8 Å². The lowest BCUT2D eigenvalue weighted by Crippen LogP contribution is -2.37. The third-order valence-corrected chi connectivity index (χ3v) is 9.55. The first-order chi connectivity index (χ1) is 20.2. The highest BCUT2D eigenvalue weighted by atomic mass is 127. The summed E-state index contributed by atoms with van der Waals surface area (Å²) < 4.78 is 44.7. The van der Waals surface area contributed by atoms with Gasteiger partial charge in [-0.2, -0.15) is 0 Å². The molecule has 0 atom stereocenters. The van der Waals surface area contributed by atoms with E-state index in [1.807, 2.05) is 50.8 Å². The molecule has 3 aromatic heterocycles. The van der Waals surface area contributed by atoms with Crippen LogP contribution in [0.2, 0.25) is 0 Å². The molecule has 0 spiro atoms. The fraction of sp³-hybridized carbons (Fsp3) is 0.467. The van der Waals surface area contributed by atoms with Crippen LogP contribution in [0.25, 0.3) is 22.3 Å². The van der Waals surface area contributed by atoms with Gasteiger partial charge in [-0.05, 0) is 87.5 Å². The van der Waals surface area contributed by atoms with Crippen molar-refractivity contribution >= 4 is 52.5 Å². The molecule has 4 heterocycles. The van der Waals surface area contributed by atoms with Crippen LogP contribution in [0.1, 0.15) is 32.0 Å². The zero-order valence-corrected chi connectivity index (χ0v) is 28.5. The van der Waals surface area contributed by atoms with Crippen molar-refractivity contribution in [3.8, 4) is 11.3 Å². The lowest BCUT2D eigenvalue weighted by Gasteiger charge is -2.30. The van der Waals surface area contributed by atoms with Crippen LogP contribution >= 0.6 is 29.7 Å². The van der Waals surface area contributed by atoms with Crippen LogP contribution in [-0.4, -0.2) is 87.0 Å². The monoisotopic (exact) mass is 722 g/mol. The molecule has 1 N–H and O–H groups in total. The molecule has 0 saturated carbocycles. The van der Waals surface area contributed by atoms with E-state index in [1.165, 1.54) is 11.6 Å². The Morgan fingerprint density at radius 3 is 2.58 bits per heavy atom. The highest BCUT2D eigenvalue weighted by Gasteiger charge is 2.24. The number of anilines is 2. The maximum atomic E-state index is 15.2. The number of likely N-dealkylation sites (N-methyl/N-ethyl adjacent to an activating group) is 1. The van der Waals surface area contributed by atoms with E-state index in [2.05, 4.69) is 59.7 Å². The highest BCUT2D eigenvalue weighted by Crippen LogP contribution is 2.35. The van der Waals surface area contributed by atoms with Gasteiger partial charge in [0.25, 0.3) is 0 Å². The molecule has 0 bridgehead atoms. The largest absolute Gasteiger partial charge is 0.324 e. The summed E-state index contributed by atoms with van der Waals surface area (Å²) in [6, 6.07) is 6.91. The van der Waals surface area contributed by atoms with E-state index in [-0.39, 0.29) is 22.7 Å². The average molecular weight is 723 g/mol. The first kappa shape index (κ1) is 31.9. The number of fused-ring (bicyclic) bond motifs is 2. The standard InChI is InChI=1S/C30H38F2IN8OP/c1-30(2,3)41-24-16-20(15-21(31)27(24)37-28(41)33)26-22(32)17-34-29(38-26)36-25-8-7-19-18-40(10-9-23(19)35-25)12-11-39(4)13-14-43(5,6)42/h7-8,15-17H,9-14,18H2,1-6H3,(H,34,35,36,38). The van der Waals surface area contributed by atoms with Gasteiger partial charge in [-0.3, -0.25) is 4.90 Å². The van der Waals surface area contributed by atoms with Crippen molar-refractivity contribution in [2.24, 2.45) is 0 Å². The molecule has 0 saturated heterocycles. The first-order valence-electron chi connectivity index (χ1n) is 14.3. The normalized spacial score (nSPS) is 14.5. The van der Waals surface area contributed by atoms with Crippen molar-refractivity contribution in [2.75, 3.05) is 58.0 Å². The Labute approximate surface area is 265 Å². The molecule has 43 heavy (non-hydrogen) atoms. The number of hydrogen-bond donors (Lipinski definition) is 1. The zero-order chi connectivity index (χ0) is 31.1. The molecule has 1 aromatic carbocycles. The van der Waals surface area contributed by atoms with Crippen LogP contribution < -0.4 is 5.32 Å².